The number of nitrogens with zero attached hydrogens (tertiary/aromatic N) is 5. The zero-order valence-electron chi connectivity index (χ0n) is 15.1. The third kappa shape index (κ3) is 3.57. The van der Waals surface area contributed by atoms with Crippen LogP contribution in [0.1, 0.15) is 41.7 Å². The van der Waals surface area contributed by atoms with Crippen molar-refractivity contribution in [2.75, 3.05) is 11.9 Å². The second kappa shape index (κ2) is 7.21. The van der Waals surface area contributed by atoms with E-state index < -0.39 is 0 Å². The second-order valence-electron chi connectivity index (χ2n) is 6.73. The fraction of sp³-hybridized carbons (Fsp3) is 0.368. The number of pyridine rings is 1. The van der Waals surface area contributed by atoms with E-state index in [0.717, 1.165) is 53.9 Å². The predicted molar refractivity (Wildman–Crippen MR) is 100.0 cm³/mol. The predicted octanol–water partition coefficient (Wildman–Crippen LogP) is 3.29. The number of H-pyrrole nitrogens is 1. The molecule has 4 rings (SSSR count). The highest BCUT2D eigenvalue weighted by Crippen LogP contribution is 2.33. The van der Waals surface area contributed by atoms with E-state index in [1.807, 2.05) is 32.0 Å². The Morgan fingerprint density at radius 3 is 2.96 bits per heavy atom. The Morgan fingerprint density at radius 2 is 2.15 bits per heavy atom. The van der Waals surface area contributed by atoms with Crippen LogP contribution in [0, 0.1) is 13.8 Å². The minimum absolute atomic E-state index is 0.297. The van der Waals surface area contributed by atoms with Gasteiger partial charge < -0.3 is 5.32 Å². The maximum Gasteiger partial charge on any atom is 0.135 e. The molecule has 1 aliphatic rings. The van der Waals surface area contributed by atoms with Gasteiger partial charge in [0.2, 0.25) is 0 Å². The summed E-state index contributed by atoms with van der Waals surface area (Å²) in [5.41, 5.74) is 3.28. The summed E-state index contributed by atoms with van der Waals surface area (Å²) in [6.07, 6.45) is 5.86. The summed E-state index contributed by atoms with van der Waals surface area (Å²) in [5, 5.41) is 10.4. The first-order chi connectivity index (χ1) is 12.7. The molecule has 0 spiro atoms. The summed E-state index contributed by atoms with van der Waals surface area (Å²) in [6.45, 7) is 5.90. The molecule has 2 N–H and O–H groups in total. The highest BCUT2D eigenvalue weighted by Gasteiger charge is 2.28. The number of aromatic nitrogens is 5. The van der Waals surface area contributed by atoms with Gasteiger partial charge in [-0.05, 0) is 50.9 Å². The molecule has 0 aliphatic carbocycles. The molecule has 1 fully saturated rings. The van der Waals surface area contributed by atoms with E-state index in [9.17, 15) is 0 Å². The lowest BCUT2D eigenvalue weighted by Crippen LogP contribution is -2.24. The molecule has 0 amide bonds. The number of rotatable bonds is 5. The minimum atomic E-state index is 0.297. The van der Waals surface area contributed by atoms with E-state index in [2.05, 4.69) is 36.4 Å². The van der Waals surface area contributed by atoms with Gasteiger partial charge in [0, 0.05) is 30.7 Å². The van der Waals surface area contributed by atoms with E-state index >= 15 is 0 Å². The largest absolute Gasteiger partial charge is 0.325 e. The molecule has 3 aromatic rings. The SMILES string of the molecule is Cc1nc(Nc2ncccc2C)cc([C@@H]2CCCN2Cc2ccn[nH]2)n1. The molecule has 0 bridgehead atoms. The number of hydrogen-bond donors (Lipinski definition) is 2. The molecule has 0 aromatic carbocycles. The number of likely N-dealkylation sites (tertiary alicyclic amines) is 1. The summed E-state index contributed by atoms with van der Waals surface area (Å²) in [4.78, 5) is 16.1. The fourth-order valence-corrected chi connectivity index (χ4v) is 3.51. The van der Waals surface area contributed by atoms with Gasteiger partial charge in [-0.1, -0.05) is 6.07 Å². The van der Waals surface area contributed by atoms with E-state index in [1.165, 1.54) is 6.42 Å². The van der Waals surface area contributed by atoms with Gasteiger partial charge in [-0.2, -0.15) is 5.10 Å². The summed E-state index contributed by atoms with van der Waals surface area (Å²) < 4.78 is 0. The number of hydrogen-bond acceptors (Lipinski definition) is 6. The van der Waals surface area contributed by atoms with Crippen molar-refractivity contribution in [3.8, 4) is 0 Å². The van der Waals surface area contributed by atoms with Crippen molar-refractivity contribution in [1.82, 2.24) is 30.0 Å². The molecule has 1 saturated heterocycles. The maximum atomic E-state index is 4.72. The fourth-order valence-electron chi connectivity index (χ4n) is 3.51. The number of aromatic amines is 1. The molecule has 3 aromatic heterocycles. The normalized spacial score (nSPS) is 17.5. The van der Waals surface area contributed by atoms with E-state index in [4.69, 9.17) is 4.98 Å². The van der Waals surface area contributed by atoms with Crippen molar-refractivity contribution < 1.29 is 0 Å². The van der Waals surface area contributed by atoms with Crippen LogP contribution in [0.5, 0.6) is 0 Å². The summed E-state index contributed by atoms with van der Waals surface area (Å²) in [7, 11) is 0. The van der Waals surface area contributed by atoms with Gasteiger partial charge in [0.1, 0.15) is 17.5 Å². The van der Waals surface area contributed by atoms with Gasteiger partial charge >= 0.3 is 0 Å². The first kappa shape index (κ1) is 16.7. The standard InChI is InChI=1S/C19H23N7/c1-13-5-3-8-20-19(13)24-18-11-16(22-14(2)23-18)17-6-4-10-26(17)12-15-7-9-21-25-15/h3,5,7-9,11,17H,4,6,10,12H2,1-2H3,(H,21,25)(H,20,22,23,24)/t17-/m0/s1. The van der Waals surface area contributed by atoms with Crippen molar-refractivity contribution >= 4 is 11.6 Å². The van der Waals surface area contributed by atoms with Gasteiger partial charge in [-0.25, -0.2) is 15.0 Å². The van der Waals surface area contributed by atoms with Crippen molar-refractivity contribution in [1.29, 1.82) is 0 Å². The molecule has 134 valence electrons. The Balaban J connectivity index is 1.58. The van der Waals surface area contributed by atoms with Crippen LogP contribution in [-0.4, -0.2) is 36.6 Å². The Bertz CT molecular complexity index is 875. The maximum absolute atomic E-state index is 4.72. The Kier molecular flexibility index (Phi) is 4.62. The van der Waals surface area contributed by atoms with Crippen LogP contribution in [0.25, 0.3) is 0 Å². The van der Waals surface area contributed by atoms with Crippen LogP contribution >= 0.6 is 0 Å². The molecular weight excluding hydrogens is 326 g/mol. The van der Waals surface area contributed by atoms with Crippen LogP contribution in [0.4, 0.5) is 11.6 Å². The second-order valence-corrected chi connectivity index (χ2v) is 6.73. The number of anilines is 2. The Hall–Kier alpha value is -2.80. The van der Waals surface area contributed by atoms with Crippen molar-refractivity contribution in [2.45, 2.75) is 39.3 Å². The third-order valence-electron chi connectivity index (χ3n) is 4.75. The molecule has 0 saturated carbocycles. The van der Waals surface area contributed by atoms with Gasteiger partial charge in [0.05, 0.1) is 11.7 Å². The number of nitrogens with one attached hydrogen (secondary N) is 2. The molecule has 7 heteroatoms. The first-order valence-corrected chi connectivity index (χ1v) is 8.95. The smallest absolute Gasteiger partial charge is 0.135 e. The van der Waals surface area contributed by atoms with Gasteiger partial charge in [0.25, 0.3) is 0 Å². The Labute approximate surface area is 152 Å². The zero-order valence-corrected chi connectivity index (χ0v) is 15.1. The lowest BCUT2D eigenvalue weighted by molar-refractivity contribution is 0.241. The molecule has 4 heterocycles. The van der Waals surface area contributed by atoms with Gasteiger partial charge in [-0.3, -0.25) is 10.00 Å². The lowest BCUT2D eigenvalue weighted by atomic mass is 10.1. The van der Waals surface area contributed by atoms with Crippen molar-refractivity contribution in [3.05, 3.63) is 59.4 Å². The molecule has 1 aliphatic heterocycles. The van der Waals surface area contributed by atoms with Crippen LogP contribution in [0.3, 0.4) is 0 Å². The summed E-state index contributed by atoms with van der Waals surface area (Å²) in [6, 6.07) is 8.34. The molecule has 7 nitrogen and oxygen atoms in total. The average Bonchev–Trinajstić information content (AvgIpc) is 3.29. The Morgan fingerprint density at radius 1 is 1.23 bits per heavy atom. The first-order valence-electron chi connectivity index (χ1n) is 8.95. The highest BCUT2D eigenvalue weighted by molar-refractivity contribution is 5.55. The minimum Gasteiger partial charge on any atom is -0.325 e. The monoisotopic (exact) mass is 349 g/mol. The molecular formula is C19H23N7. The lowest BCUT2D eigenvalue weighted by Gasteiger charge is -2.24. The van der Waals surface area contributed by atoms with Crippen LogP contribution in [0.2, 0.25) is 0 Å². The van der Waals surface area contributed by atoms with Crippen LogP contribution in [0.15, 0.2) is 36.7 Å². The molecule has 26 heavy (non-hydrogen) atoms. The van der Waals surface area contributed by atoms with E-state index in [1.54, 1.807) is 12.4 Å². The molecule has 0 unspecified atom stereocenters. The molecule has 1 atom stereocenters. The summed E-state index contributed by atoms with van der Waals surface area (Å²) in [5.74, 6) is 2.40. The van der Waals surface area contributed by atoms with E-state index in [0.29, 0.717) is 6.04 Å². The third-order valence-corrected chi connectivity index (χ3v) is 4.75. The van der Waals surface area contributed by atoms with Gasteiger partial charge in [0.15, 0.2) is 0 Å². The van der Waals surface area contributed by atoms with Gasteiger partial charge in [-0.15, -0.1) is 0 Å². The number of aryl methyl sites for hydroxylation is 2. The highest BCUT2D eigenvalue weighted by atomic mass is 15.2. The van der Waals surface area contributed by atoms with E-state index in [-0.39, 0.29) is 0 Å². The van der Waals surface area contributed by atoms with Crippen LogP contribution in [-0.2, 0) is 6.54 Å². The van der Waals surface area contributed by atoms with Crippen LogP contribution < -0.4 is 5.32 Å². The topological polar surface area (TPSA) is 82.6 Å². The quantitative estimate of drug-likeness (QED) is 0.735. The molecule has 0 radical (unpaired) electrons. The zero-order chi connectivity index (χ0) is 17.9. The van der Waals surface area contributed by atoms with Crippen molar-refractivity contribution in [3.63, 3.8) is 0 Å². The van der Waals surface area contributed by atoms with Crippen molar-refractivity contribution in [2.24, 2.45) is 0 Å². The average molecular weight is 349 g/mol. The summed E-state index contributed by atoms with van der Waals surface area (Å²) >= 11 is 0.